The molecule has 0 saturated carbocycles. The molecular weight excluding hydrogens is 386 g/mol. The fourth-order valence-corrected chi connectivity index (χ4v) is 3.16. The number of ether oxygens (including phenoxy) is 1. The Kier molecular flexibility index (Phi) is 6.61. The molecule has 0 aliphatic rings. The smallest absolute Gasteiger partial charge is 0.329 e. The summed E-state index contributed by atoms with van der Waals surface area (Å²) >= 11 is 0. The van der Waals surface area contributed by atoms with Gasteiger partial charge in [0, 0.05) is 13.1 Å². The summed E-state index contributed by atoms with van der Waals surface area (Å²) in [5, 5.41) is 13.9. The number of H-pyrrole nitrogens is 1. The van der Waals surface area contributed by atoms with E-state index >= 15 is 0 Å². The van der Waals surface area contributed by atoms with E-state index in [1.54, 1.807) is 11.6 Å². The second-order valence-corrected chi connectivity index (χ2v) is 7.46. The van der Waals surface area contributed by atoms with Gasteiger partial charge in [0.1, 0.15) is 18.5 Å². The Morgan fingerprint density at radius 3 is 2.77 bits per heavy atom. The molecule has 0 aliphatic carbocycles. The van der Waals surface area contributed by atoms with E-state index in [0.717, 1.165) is 18.4 Å². The summed E-state index contributed by atoms with van der Waals surface area (Å²) in [5.74, 6) is 1.11. The summed E-state index contributed by atoms with van der Waals surface area (Å²) in [5.41, 5.74) is 0.567. The zero-order valence-electron chi connectivity index (χ0n) is 17.8. The molecule has 0 bridgehead atoms. The molecule has 3 N–H and O–H groups in total. The number of aryl methyl sites for hydroxylation is 2. The lowest BCUT2D eigenvalue weighted by Gasteiger charge is -2.18. The van der Waals surface area contributed by atoms with Crippen LogP contribution in [0.3, 0.4) is 0 Å². The average Bonchev–Trinajstić information content (AvgIpc) is 3.09. The Labute approximate surface area is 174 Å². The number of aromatic amines is 1. The van der Waals surface area contributed by atoms with Gasteiger partial charge in [-0.05, 0) is 37.5 Å². The largest absolute Gasteiger partial charge is 0.491 e. The first-order chi connectivity index (χ1) is 14.3. The number of hydrogen-bond donors (Lipinski definition) is 3. The van der Waals surface area contributed by atoms with Crippen molar-refractivity contribution < 1.29 is 9.84 Å². The first kappa shape index (κ1) is 21.6. The number of nitrogens with one attached hydrogen (secondary N) is 2. The molecule has 0 amide bonds. The summed E-state index contributed by atoms with van der Waals surface area (Å²) in [6.45, 7) is 6.23. The Bertz CT molecular complexity index is 1130. The molecule has 2 atom stereocenters. The molecule has 0 radical (unpaired) electrons. The van der Waals surface area contributed by atoms with Crippen LogP contribution in [0.2, 0.25) is 0 Å². The SMILES string of the molecule is CCc1cccc(OCC(O)Cn2c(NC(C)CC)nc3c2c(=O)[nH]c(=O)n3C)c1. The Morgan fingerprint density at radius 1 is 1.30 bits per heavy atom. The highest BCUT2D eigenvalue weighted by Gasteiger charge is 2.20. The third kappa shape index (κ3) is 4.56. The van der Waals surface area contributed by atoms with Crippen LogP contribution in [0, 0.1) is 0 Å². The van der Waals surface area contributed by atoms with Crippen LogP contribution in [0.15, 0.2) is 33.9 Å². The van der Waals surface area contributed by atoms with Crippen molar-refractivity contribution in [2.24, 2.45) is 7.05 Å². The number of nitrogens with zero attached hydrogens (tertiary/aromatic N) is 3. The highest BCUT2D eigenvalue weighted by atomic mass is 16.5. The molecule has 2 aromatic heterocycles. The second kappa shape index (κ2) is 9.17. The maximum Gasteiger partial charge on any atom is 0.329 e. The van der Waals surface area contributed by atoms with E-state index < -0.39 is 17.4 Å². The molecule has 0 spiro atoms. The van der Waals surface area contributed by atoms with Gasteiger partial charge in [0.25, 0.3) is 5.56 Å². The number of benzene rings is 1. The van der Waals surface area contributed by atoms with Crippen molar-refractivity contribution in [3.63, 3.8) is 0 Å². The van der Waals surface area contributed by atoms with Gasteiger partial charge in [-0.2, -0.15) is 4.98 Å². The number of anilines is 1. The molecule has 30 heavy (non-hydrogen) atoms. The molecule has 9 nitrogen and oxygen atoms in total. The monoisotopic (exact) mass is 415 g/mol. The van der Waals surface area contributed by atoms with Crippen molar-refractivity contribution in [1.29, 1.82) is 0 Å². The first-order valence-corrected chi connectivity index (χ1v) is 10.2. The van der Waals surface area contributed by atoms with Crippen molar-refractivity contribution in [2.75, 3.05) is 11.9 Å². The van der Waals surface area contributed by atoms with Gasteiger partial charge in [0.05, 0.1) is 6.54 Å². The number of imidazole rings is 1. The van der Waals surface area contributed by atoms with E-state index in [1.165, 1.54) is 4.57 Å². The number of rotatable bonds is 9. The topological polar surface area (TPSA) is 114 Å². The Morgan fingerprint density at radius 2 is 2.07 bits per heavy atom. The van der Waals surface area contributed by atoms with E-state index in [9.17, 15) is 14.7 Å². The first-order valence-electron chi connectivity index (χ1n) is 10.2. The van der Waals surface area contributed by atoms with E-state index in [-0.39, 0.29) is 30.4 Å². The molecule has 0 aliphatic heterocycles. The van der Waals surface area contributed by atoms with Crippen molar-refractivity contribution in [3.8, 4) is 5.75 Å². The Balaban J connectivity index is 1.89. The molecule has 2 unspecified atom stereocenters. The van der Waals surface area contributed by atoms with Gasteiger partial charge in [0.2, 0.25) is 5.95 Å². The van der Waals surface area contributed by atoms with Crippen LogP contribution in [0.4, 0.5) is 5.95 Å². The van der Waals surface area contributed by atoms with Crippen LogP contribution in [-0.2, 0) is 20.0 Å². The minimum atomic E-state index is -0.887. The fourth-order valence-electron chi connectivity index (χ4n) is 3.16. The molecule has 3 rings (SSSR count). The molecular formula is C21H29N5O4. The quantitative estimate of drug-likeness (QED) is 0.490. The fraction of sp³-hybridized carbons (Fsp3) is 0.476. The number of aliphatic hydroxyl groups is 1. The molecule has 162 valence electrons. The van der Waals surface area contributed by atoms with E-state index in [0.29, 0.717) is 11.7 Å². The second-order valence-electron chi connectivity index (χ2n) is 7.46. The molecule has 2 heterocycles. The van der Waals surface area contributed by atoms with Gasteiger partial charge < -0.3 is 19.7 Å². The standard InChI is InChI=1S/C21H29N5O4/c1-5-13(3)22-20-23-18-17(19(28)24-21(29)25(18)4)26(20)11-15(27)12-30-16-9-7-8-14(6-2)10-16/h7-10,13,15,27H,5-6,11-12H2,1-4H3,(H,22,23)(H,24,28,29). The summed E-state index contributed by atoms with van der Waals surface area (Å²) < 4.78 is 8.63. The number of aromatic nitrogens is 4. The van der Waals surface area contributed by atoms with Crippen LogP contribution >= 0.6 is 0 Å². The lowest BCUT2D eigenvalue weighted by atomic mass is 10.2. The predicted octanol–water partition coefficient (Wildman–Crippen LogP) is 1.64. The molecule has 0 fully saturated rings. The van der Waals surface area contributed by atoms with Crippen LogP contribution < -0.4 is 21.3 Å². The zero-order valence-corrected chi connectivity index (χ0v) is 17.8. The normalized spacial score (nSPS) is 13.4. The number of fused-ring (bicyclic) bond motifs is 1. The van der Waals surface area contributed by atoms with Crippen LogP contribution in [0.1, 0.15) is 32.8 Å². The molecule has 1 aromatic carbocycles. The van der Waals surface area contributed by atoms with Gasteiger partial charge in [-0.15, -0.1) is 0 Å². The zero-order chi connectivity index (χ0) is 21.8. The molecule has 3 aromatic rings. The van der Waals surface area contributed by atoms with E-state index in [4.69, 9.17) is 4.74 Å². The van der Waals surface area contributed by atoms with Gasteiger partial charge in [-0.25, -0.2) is 4.79 Å². The van der Waals surface area contributed by atoms with Crippen molar-refractivity contribution >= 4 is 17.1 Å². The summed E-state index contributed by atoms with van der Waals surface area (Å²) in [6, 6.07) is 7.81. The van der Waals surface area contributed by atoms with E-state index in [2.05, 4.69) is 22.2 Å². The van der Waals surface area contributed by atoms with Gasteiger partial charge in [-0.3, -0.25) is 14.3 Å². The van der Waals surface area contributed by atoms with Crippen LogP contribution in [-0.4, -0.2) is 43.0 Å². The van der Waals surface area contributed by atoms with Crippen molar-refractivity contribution in [3.05, 3.63) is 50.7 Å². The Hall–Kier alpha value is -3.07. The van der Waals surface area contributed by atoms with Gasteiger partial charge in [-0.1, -0.05) is 26.0 Å². The van der Waals surface area contributed by atoms with Gasteiger partial charge >= 0.3 is 5.69 Å². The minimum Gasteiger partial charge on any atom is -0.491 e. The van der Waals surface area contributed by atoms with Crippen molar-refractivity contribution in [1.82, 2.24) is 19.1 Å². The molecule has 0 saturated heterocycles. The van der Waals surface area contributed by atoms with Crippen LogP contribution in [0.5, 0.6) is 5.75 Å². The van der Waals surface area contributed by atoms with Gasteiger partial charge in [0.15, 0.2) is 11.2 Å². The highest BCUT2D eigenvalue weighted by Crippen LogP contribution is 2.18. The number of aliphatic hydroxyl groups excluding tert-OH is 1. The maximum absolute atomic E-state index is 12.5. The van der Waals surface area contributed by atoms with E-state index in [1.807, 2.05) is 38.1 Å². The van der Waals surface area contributed by atoms with Crippen LogP contribution in [0.25, 0.3) is 11.2 Å². The highest BCUT2D eigenvalue weighted by molar-refractivity contribution is 5.74. The predicted molar refractivity (Wildman–Crippen MR) is 116 cm³/mol. The lowest BCUT2D eigenvalue weighted by Crippen LogP contribution is -2.31. The third-order valence-corrected chi connectivity index (χ3v) is 5.14. The summed E-state index contributed by atoms with van der Waals surface area (Å²) in [4.78, 5) is 31.2. The number of hydrogen-bond acceptors (Lipinski definition) is 6. The maximum atomic E-state index is 12.5. The molecule has 9 heteroatoms. The third-order valence-electron chi connectivity index (χ3n) is 5.14. The average molecular weight is 415 g/mol. The van der Waals surface area contributed by atoms with Crippen molar-refractivity contribution in [2.45, 2.75) is 52.3 Å². The summed E-state index contributed by atoms with van der Waals surface area (Å²) in [7, 11) is 1.55. The minimum absolute atomic E-state index is 0.0548. The lowest BCUT2D eigenvalue weighted by molar-refractivity contribution is 0.0937. The summed E-state index contributed by atoms with van der Waals surface area (Å²) in [6.07, 6.45) is 0.854.